The monoisotopic (exact) mass is 503 g/mol. The summed E-state index contributed by atoms with van der Waals surface area (Å²) >= 11 is 9.38. The number of nitrogens with one attached hydrogen (secondary N) is 4. The van der Waals surface area contributed by atoms with Crippen LogP contribution in [0.3, 0.4) is 0 Å². The van der Waals surface area contributed by atoms with Crippen LogP contribution in [-0.2, 0) is 17.8 Å². The van der Waals surface area contributed by atoms with Crippen LogP contribution in [0.15, 0.2) is 53.3 Å². The molecule has 0 saturated carbocycles. The molecule has 0 bridgehead atoms. The van der Waals surface area contributed by atoms with E-state index in [1.807, 2.05) is 25.1 Å². The first-order valence-electron chi connectivity index (χ1n) is 9.66. The van der Waals surface area contributed by atoms with Gasteiger partial charge in [-0.2, -0.15) is 0 Å². The van der Waals surface area contributed by atoms with Crippen molar-refractivity contribution in [2.75, 3.05) is 12.4 Å². The third kappa shape index (κ3) is 6.32. The number of aromatic nitrogens is 2. The Morgan fingerprint density at radius 3 is 2.58 bits per heavy atom. The van der Waals surface area contributed by atoms with E-state index in [0.717, 1.165) is 27.1 Å². The minimum absolute atomic E-state index is 0.273. The van der Waals surface area contributed by atoms with Gasteiger partial charge in [0, 0.05) is 39.9 Å². The summed E-state index contributed by atoms with van der Waals surface area (Å²) < 4.78 is 0.746. The summed E-state index contributed by atoms with van der Waals surface area (Å²) in [4.78, 5) is 32.6. The molecule has 0 radical (unpaired) electrons. The van der Waals surface area contributed by atoms with Crippen molar-refractivity contribution in [3.63, 3.8) is 0 Å². The second kappa shape index (κ2) is 10.5. The molecule has 0 spiro atoms. The number of carbonyl (C=O) groups is 2. The number of H-pyrrole nitrogens is 1. The summed E-state index contributed by atoms with van der Waals surface area (Å²) in [7, 11) is 1.54. The molecule has 4 N–H and O–H groups in total. The van der Waals surface area contributed by atoms with Crippen molar-refractivity contribution in [3.05, 3.63) is 80.8 Å². The number of amides is 2. The fraction of sp³-hybridized carbons (Fsp3) is 0.227. The maximum atomic E-state index is 12.9. The predicted octanol–water partition coefficient (Wildman–Crippen LogP) is 3.83. The molecule has 0 unspecified atom stereocenters. The van der Waals surface area contributed by atoms with Gasteiger partial charge < -0.3 is 20.9 Å². The molecule has 0 aliphatic rings. The van der Waals surface area contributed by atoms with Gasteiger partial charge in [0.25, 0.3) is 5.91 Å². The van der Waals surface area contributed by atoms with Crippen LogP contribution in [0.4, 0.5) is 5.69 Å². The lowest BCUT2D eigenvalue weighted by Gasteiger charge is -2.18. The highest BCUT2D eigenvalue weighted by Gasteiger charge is 2.21. The van der Waals surface area contributed by atoms with E-state index in [1.165, 1.54) is 0 Å². The molecule has 162 valence electrons. The van der Waals surface area contributed by atoms with Crippen molar-refractivity contribution in [3.8, 4) is 0 Å². The molecule has 2 aromatic carbocycles. The first-order valence-corrected chi connectivity index (χ1v) is 10.8. The van der Waals surface area contributed by atoms with Crippen LogP contribution >= 0.6 is 27.5 Å². The molecule has 0 fully saturated rings. The van der Waals surface area contributed by atoms with Gasteiger partial charge in [0.05, 0.1) is 18.6 Å². The van der Waals surface area contributed by atoms with E-state index in [9.17, 15) is 9.59 Å². The minimum Gasteiger partial charge on any atom is -0.379 e. The third-order valence-electron chi connectivity index (χ3n) is 4.78. The average Bonchev–Trinajstić information content (AvgIpc) is 3.17. The third-order valence-corrected chi connectivity index (χ3v) is 5.49. The summed E-state index contributed by atoms with van der Waals surface area (Å²) in [5.74, 6) is -0.617. The molecule has 1 aromatic heterocycles. The van der Waals surface area contributed by atoms with E-state index >= 15 is 0 Å². The van der Waals surface area contributed by atoms with Crippen LogP contribution in [0, 0.1) is 6.92 Å². The SMILES string of the molecule is CNC(=O)[C@@H](Cc1ccc(Cl)cc1)NC(=O)c1cc(Br)cc(NCc2nc[nH]c2C)c1. The second-order valence-corrected chi connectivity index (χ2v) is 8.38. The smallest absolute Gasteiger partial charge is 0.252 e. The first kappa shape index (κ1) is 22.8. The average molecular weight is 505 g/mol. The number of hydrogen-bond donors (Lipinski definition) is 4. The topological polar surface area (TPSA) is 98.9 Å². The van der Waals surface area contributed by atoms with Gasteiger partial charge >= 0.3 is 0 Å². The van der Waals surface area contributed by atoms with Crippen LogP contribution in [0.2, 0.25) is 5.02 Å². The van der Waals surface area contributed by atoms with Crippen molar-refractivity contribution in [1.29, 1.82) is 0 Å². The number of rotatable bonds is 8. The van der Waals surface area contributed by atoms with E-state index in [4.69, 9.17) is 11.6 Å². The summed E-state index contributed by atoms with van der Waals surface area (Å²) in [5, 5.41) is 9.32. The van der Waals surface area contributed by atoms with E-state index < -0.39 is 6.04 Å². The molecule has 7 nitrogen and oxygen atoms in total. The Morgan fingerprint density at radius 1 is 1.19 bits per heavy atom. The molecule has 0 saturated heterocycles. The van der Waals surface area contributed by atoms with Gasteiger partial charge in [0.2, 0.25) is 5.91 Å². The summed E-state index contributed by atoms with van der Waals surface area (Å²) in [6.45, 7) is 2.47. The molecular weight excluding hydrogens is 482 g/mol. The number of anilines is 1. The van der Waals surface area contributed by atoms with Crippen molar-refractivity contribution in [1.82, 2.24) is 20.6 Å². The standard InChI is InChI=1S/C22H23BrClN5O2/c1-13-20(28-12-27-13)11-26-18-9-15(8-16(23)10-18)21(30)29-19(22(31)25-2)7-14-3-5-17(24)6-4-14/h3-6,8-10,12,19,26H,7,11H2,1-2H3,(H,25,31)(H,27,28)(H,29,30)/t19-/m1/s1. The molecule has 1 heterocycles. The number of nitrogens with zero attached hydrogens (tertiary/aromatic N) is 1. The highest BCUT2D eigenvalue weighted by molar-refractivity contribution is 9.10. The van der Waals surface area contributed by atoms with Crippen LogP contribution in [0.25, 0.3) is 0 Å². The fourth-order valence-corrected chi connectivity index (χ4v) is 3.67. The van der Waals surface area contributed by atoms with Crippen LogP contribution in [0.1, 0.15) is 27.3 Å². The minimum atomic E-state index is -0.722. The highest BCUT2D eigenvalue weighted by atomic mass is 79.9. The van der Waals surface area contributed by atoms with E-state index in [0.29, 0.717) is 23.6 Å². The van der Waals surface area contributed by atoms with Gasteiger partial charge in [-0.05, 0) is 42.8 Å². The lowest BCUT2D eigenvalue weighted by Crippen LogP contribution is -2.47. The van der Waals surface area contributed by atoms with Gasteiger partial charge in [-0.1, -0.05) is 39.7 Å². The van der Waals surface area contributed by atoms with Crippen molar-refractivity contribution < 1.29 is 9.59 Å². The number of halogens is 2. The van der Waals surface area contributed by atoms with Gasteiger partial charge in [-0.3, -0.25) is 9.59 Å². The zero-order chi connectivity index (χ0) is 22.4. The normalized spacial score (nSPS) is 11.6. The van der Waals surface area contributed by atoms with Crippen LogP contribution in [-0.4, -0.2) is 34.9 Å². The zero-order valence-corrected chi connectivity index (χ0v) is 19.5. The maximum Gasteiger partial charge on any atom is 0.252 e. The number of aromatic amines is 1. The number of benzene rings is 2. The number of imidazole rings is 1. The maximum absolute atomic E-state index is 12.9. The Kier molecular flexibility index (Phi) is 7.70. The predicted molar refractivity (Wildman–Crippen MR) is 125 cm³/mol. The number of carbonyl (C=O) groups excluding carboxylic acids is 2. The van der Waals surface area contributed by atoms with E-state index in [2.05, 4.69) is 41.8 Å². The van der Waals surface area contributed by atoms with E-state index in [1.54, 1.807) is 37.6 Å². The van der Waals surface area contributed by atoms with Crippen LogP contribution in [0.5, 0.6) is 0 Å². The molecule has 0 aliphatic carbocycles. The molecule has 9 heteroatoms. The van der Waals surface area contributed by atoms with Crippen molar-refractivity contribution in [2.45, 2.75) is 25.9 Å². The van der Waals surface area contributed by atoms with Crippen LogP contribution < -0.4 is 16.0 Å². The lowest BCUT2D eigenvalue weighted by molar-refractivity contribution is -0.122. The fourth-order valence-electron chi connectivity index (χ4n) is 3.06. The molecule has 3 aromatic rings. The number of aryl methyl sites for hydroxylation is 1. The Bertz CT molecular complexity index is 1070. The number of hydrogen-bond acceptors (Lipinski definition) is 4. The molecule has 0 aliphatic heterocycles. The largest absolute Gasteiger partial charge is 0.379 e. The molecule has 1 atom stereocenters. The number of likely N-dealkylation sites (N-methyl/N-ethyl adjacent to an activating group) is 1. The van der Waals surface area contributed by atoms with Crippen molar-refractivity contribution in [2.24, 2.45) is 0 Å². The summed E-state index contributed by atoms with van der Waals surface area (Å²) in [6.07, 6.45) is 1.99. The highest BCUT2D eigenvalue weighted by Crippen LogP contribution is 2.21. The van der Waals surface area contributed by atoms with Gasteiger partial charge in [0.15, 0.2) is 0 Å². The Hall–Kier alpha value is -2.84. The summed E-state index contributed by atoms with van der Waals surface area (Å²) in [6, 6.07) is 11.8. The van der Waals surface area contributed by atoms with Gasteiger partial charge in [-0.15, -0.1) is 0 Å². The second-order valence-electron chi connectivity index (χ2n) is 7.03. The lowest BCUT2D eigenvalue weighted by atomic mass is 10.0. The molecule has 31 heavy (non-hydrogen) atoms. The van der Waals surface area contributed by atoms with Gasteiger partial charge in [-0.25, -0.2) is 4.98 Å². The molecule has 3 rings (SSSR count). The quantitative estimate of drug-likeness (QED) is 0.375. The van der Waals surface area contributed by atoms with Crippen molar-refractivity contribution >= 4 is 45.0 Å². The Labute approximate surface area is 194 Å². The summed E-state index contributed by atoms with van der Waals surface area (Å²) in [5.41, 5.74) is 3.96. The molecular formula is C22H23BrClN5O2. The molecule has 2 amide bonds. The van der Waals surface area contributed by atoms with E-state index in [-0.39, 0.29) is 11.8 Å². The van der Waals surface area contributed by atoms with Gasteiger partial charge in [0.1, 0.15) is 6.04 Å². The first-order chi connectivity index (χ1) is 14.9. The zero-order valence-electron chi connectivity index (χ0n) is 17.1. The Morgan fingerprint density at radius 2 is 1.94 bits per heavy atom. The Balaban J connectivity index is 1.73.